The molecule has 0 aliphatic heterocycles. The van der Waals surface area contributed by atoms with E-state index >= 15 is 0 Å². The van der Waals surface area contributed by atoms with Crippen LogP contribution in [0.5, 0.6) is 0 Å². The maximum atomic E-state index is 9.59. The van der Waals surface area contributed by atoms with Crippen LogP contribution in [0.4, 0.5) is 9.59 Å². The Bertz CT molecular complexity index is 194. The standard InChI is InChI=1S/3C4H10.C3H5ClO2.CHBrO2/c3*1-4(2)3;1-2-6-3(4)5;2-1(3)4/h3*4H,1-3H3;2H2,1H3;(H,3,4). The Morgan fingerprint density at radius 2 is 1.05 bits per heavy atom. The molecule has 0 fully saturated rings. The number of carboxylic acid groups (broad SMARTS) is 1. The quantitative estimate of drug-likeness (QED) is 0.459. The zero-order valence-electron chi connectivity index (χ0n) is 15.9. The van der Waals surface area contributed by atoms with Crippen molar-refractivity contribution < 1.29 is 19.4 Å². The van der Waals surface area contributed by atoms with Crippen LogP contribution in [0.25, 0.3) is 0 Å². The summed E-state index contributed by atoms with van der Waals surface area (Å²) in [4.78, 5) is 17.5. The summed E-state index contributed by atoms with van der Waals surface area (Å²) in [6, 6.07) is 0. The minimum atomic E-state index is -1.02. The molecule has 0 aromatic carbocycles. The van der Waals surface area contributed by atoms with E-state index in [2.05, 4.69) is 83.0 Å². The number of ether oxygens (including phenoxy) is 1. The molecule has 0 aromatic rings. The molecule has 6 heteroatoms. The van der Waals surface area contributed by atoms with Crippen molar-refractivity contribution in [2.45, 2.75) is 69.2 Å². The fourth-order valence-electron chi connectivity index (χ4n) is 0.113. The Hall–Kier alpha value is -0.290. The molecule has 0 amide bonds. The summed E-state index contributed by atoms with van der Waals surface area (Å²) in [5.74, 6) is 2.50. The number of carbonyl (C=O) groups excluding carboxylic acids is 1. The monoisotopic (exact) mass is 406 g/mol. The highest BCUT2D eigenvalue weighted by atomic mass is 79.9. The van der Waals surface area contributed by atoms with Crippen molar-refractivity contribution >= 4 is 37.8 Å². The molecular weight excluding hydrogens is 372 g/mol. The lowest BCUT2D eigenvalue weighted by molar-refractivity contribution is 0.180. The molecule has 0 radical (unpaired) electrons. The van der Waals surface area contributed by atoms with Crippen LogP contribution in [-0.2, 0) is 4.74 Å². The van der Waals surface area contributed by atoms with Gasteiger partial charge in [0.15, 0.2) is 0 Å². The zero-order chi connectivity index (χ0) is 19.3. The van der Waals surface area contributed by atoms with Gasteiger partial charge in [0.1, 0.15) is 0 Å². The van der Waals surface area contributed by atoms with Crippen molar-refractivity contribution in [3.8, 4) is 0 Å². The van der Waals surface area contributed by atoms with Crippen LogP contribution < -0.4 is 0 Å². The molecule has 138 valence electrons. The van der Waals surface area contributed by atoms with Gasteiger partial charge in [-0.1, -0.05) is 62.3 Å². The maximum absolute atomic E-state index is 9.59. The largest absolute Gasteiger partial charge is 0.473 e. The second kappa shape index (κ2) is 28.8. The van der Waals surface area contributed by atoms with Crippen LogP contribution in [0, 0.1) is 17.8 Å². The highest BCUT2D eigenvalue weighted by molar-refractivity contribution is 9.18. The molecule has 0 saturated carbocycles. The third kappa shape index (κ3) is 939. The third-order valence-corrected chi connectivity index (χ3v) is 0.367. The summed E-state index contributed by atoms with van der Waals surface area (Å²) >= 11 is 6.90. The summed E-state index contributed by atoms with van der Waals surface area (Å²) in [7, 11) is 0. The maximum Gasteiger partial charge on any atom is 0.403 e. The Morgan fingerprint density at radius 1 is 0.909 bits per heavy atom. The minimum Gasteiger partial charge on any atom is -0.473 e. The number of halogens is 2. The molecule has 4 nitrogen and oxygen atoms in total. The number of rotatable bonds is 1. The van der Waals surface area contributed by atoms with Gasteiger partial charge in [-0.15, -0.1) is 0 Å². The second-order valence-electron chi connectivity index (χ2n) is 6.12. The Kier molecular flexibility index (Phi) is 43.7. The van der Waals surface area contributed by atoms with Gasteiger partial charge in [0, 0.05) is 27.5 Å². The number of carbonyl (C=O) groups is 2. The molecule has 0 aromatic heterocycles. The van der Waals surface area contributed by atoms with Crippen molar-refractivity contribution in [2.24, 2.45) is 17.8 Å². The number of hydrogen-bond acceptors (Lipinski definition) is 3. The van der Waals surface area contributed by atoms with Crippen LogP contribution in [0.2, 0.25) is 0 Å². The number of hydrogen-bond donors (Lipinski definition) is 1. The SMILES string of the molecule is CC(C)C.CC(C)C.CC(C)C.CCOC(=O)Cl.O=C(O)Br. The van der Waals surface area contributed by atoms with Crippen molar-refractivity contribution in [1.82, 2.24) is 0 Å². The van der Waals surface area contributed by atoms with Crippen molar-refractivity contribution in [3.05, 3.63) is 0 Å². The first-order valence-electron chi connectivity index (χ1n) is 7.41. The molecule has 0 unspecified atom stereocenters. The van der Waals surface area contributed by atoms with E-state index in [9.17, 15) is 4.79 Å². The fourth-order valence-corrected chi connectivity index (χ4v) is 0.223. The van der Waals surface area contributed by atoms with Gasteiger partial charge in [-0.05, 0) is 24.7 Å². The zero-order valence-corrected chi connectivity index (χ0v) is 18.2. The highest BCUT2D eigenvalue weighted by Crippen LogP contribution is 1.83. The van der Waals surface area contributed by atoms with Gasteiger partial charge in [0.25, 0.3) is 0 Å². The molecule has 0 saturated heterocycles. The van der Waals surface area contributed by atoms with Crippen LogP contribution in [-0.4, -0.2) is 22.0 Å². The normalized spacial score (nSPS) is 8.14. The van der Waals surface area contributed by atoms with E-state index in [0.717, 1.165) is 17.8 Å². The predicted molar refractivity (Wildman–Crippen MR) is 101 cm³/mol. The van der Waals surface area contributed by atoms with Crippen LogP contribution in [0.15, 0.2) is 0 Å². The summed E-state index contributed by atoms with van der Waals surface area (Å²) in [5.41, 5.74) is -0.738. The van der Waals surface area contributed by atoms with Gasteiger partial charge >= 0.3 is 10.3 Å². The molecule has 1 N–H and O–H groups in total. The summed E-state index contributed by atoms with van der Waals surface area (Å²) < 4.78 is 4.17. The van der Waals surface area contributed by atoms with E-state index in [-0.39, 0.29) is 0 Å². The lowest BCUT2D eigenvalue weighted by Gasteiger charge is -1.86. The first kappa shape index (κ1) is 33.3. The second-order valence-corrected chi connectivity index (χ2v) is 7.11. The van der Waals surface area contributed by atoms with Crippen LogP contribution in [0.1, 0.15) is 69.2 Å². The highest BCUT2D eigenvalue weighted by Gasteiger charge is 1.86. The Morgan fingerprint density at radius 3 is 1.05 bits per heavy atom. The van der Waals surface area contributed by atoms with E-state index < -0.39 is 10.3 Å². The van der Waals surface area contributed by atoms with Gasteiger partial charge in [0.2, 0.25) is 0 Å². The minimum absolute atomic E-state index is 0.350. The van der Waals surface area contributed by atoms with Gasteiger partial charge in [-0.2, -0.15) is 0 Å². The van der Waals surface area contributed by atoms with Gasteiger partial charge in [-0.3, -0.25) is 0 Å². The lowest BCUT2D eigenvalue weighted by atomic mass is 10.3. The molecule has 0 heterocycles. The average Bonchev–Trinajstić information content (AvgIpc) is 2.12. The average molecular weight is 408 g/mol. The van der Waals surface area contributed by atoms with Crippen LogP contribution >= 0.6 is 27.5 Å². The van der Waals surface area contributed by atoms with Gasteiger partial charge < -0.3 is 9.84 Å². The van der Waals surface area contributed by atoms with E-state index in [0.29, 0.717) is 6.61 Å². The molecular formula is C16H36BrClO4. The van der Waals surface area contributed by atoms with Crippen molar-refractivity contribution in [1.29, 1.82) is 0 Å². The first-order valence-corrected chi connectivity index (χ1v) is 8.58. The smallest absolute Gasteiger partial charge is 0.403 e. The molecule has 22 heavy (non-hydrogen) atoms. The summed E-state index contributed by atoms with van der Waals surface area (Å²) in [6.07, 6.45) is 0. The van der Waals surface area contributed by atoms with Crippen LogP contribution in [0.3, 0.4) is 0 Å². The van der Waals surface area contributed by atoms with Crippen molar-refractivity contribution in [3.63, 3.8) is 0 Å². The predicted octanol–water partition coefficient (Wildman–Crippen LogP) is 7.43. The lowest BCUT2D eigenvalue weighted by Crippen LogP contribution is -1.89. The summed E-state index contributed by atoms with van der Waals surface area (Å²) in [6.45, 7) is 21.5. The molecule has 0 aliphatic carbocycles. The third-order valence-electron chi connectivity index (χ3n) is 0.258. The first-order chi connectivity index (χ1) is 9.70. The van der Waals surface area contributed by atoms with E-state index in [1.807, 2.05) is 0 Å². The molecule has 0 bridgehead atoms. The molecule has 0 rings (SSSR count). The molecule has 0 aliphatic rings. The fraction of sp³-hybridized carbons (Fsp3) is 0.875. The molecule has 0 atom stereocenters. The van der Waals surface area contributed by atoms with E-state index in [1.54, 1.807) is 6.92 Å². The Labute approximate surface area is 151 Å². The van der Waals surface area contributed by atoms with Crippen molar-refractivity contribution in [2.75, 3.05) is 6.61 Å². The van der Waals surface area contributed by atoms with Gasteiger partial charge in [0.05, 0.1) is 6.61 Å². The Balaban J connectivity index is -0.0000000555. The molecule has 0 spiro atoms. The topological polar surface area (TPSA) is 63.6 Å². The van der Waals surface area contributed by atoms with Gasteiger partial charge in [-0.25, -0.2) is 9.59 Å². The van der Waals surface area contributed by atoms with E-state index in [4.69, 9.17) is 21.5 Å². The van der Waals surface area contributed by atoms with E-state index in [1.165, 1.54) is 0 Å². The summed E-state index contributed by atoms with van der Waals surface area (Å²) in [5, 5.41) is 7.33.